The highest BCUT2D eigenvalue weighted by molar-refractivity contribution is 9.10. The molecule has 2 aromatic carbocycles. The zero-order valence-electron chi connectivity index (χ0n) is 18.4. The van der Waals surface area contributed by atoms with Crippen molar-refractivity contribution in [1.82, 2.24) is 10.2 Å². The number of methoxy groups -OCH3 is 1. The van der Waals surface area contributed by atoms with Crippen LogP contribution in [0.25, 0.3) is 0 Å². The van der Waals surface area contributed by atoms with E-state index in [1.54, 1.807) is 7.11 Å². The van der Waals surface area contributed by atoms with Gasteiger partial charge in [-0.15, -0.1) is 24.8 Å². The Morgan fingerprint density at radius 1 is 1.00 bits per heavy atom. The number of hydrogen-bond acceptors (Lipinski definition) is 4. The molecule has 0 aromatic heterocycles. The van der Waals surface area contributed by atoms with Crippen LogP contribution in [0.1, 0.15) is 37.0 Å². The smallest absolute Gasteiger partial charge is 0.175 e. The molecule has 0 bridgehead atoms. The molecular formula is C23H35BrCl2N2O2. The average molecular weight is 522 g/mol. The third-order valence-electron chi connectivity index (χ3n) is 4.84. The van der Waals surface area contributed by atoms with Crippen molar-refractivity contribution < 1.29 is 9.47 Å². The van der Waals surface area contributed by atoms with E-state index in [4.69, 9.17) is 9.47 Å². The summed E-state index contributed by atoms with van der Waals surface area (Å²) in [4.78, 5) is 2.45. The van der Waals surface area contributed by atoms with Gasteiger partial charge in [-0.3, -0.25) is 0 Å². The summed E-state index contributed by atoms with van der Waals surface area (Å²) in [6.45, 7) is 12.2. The van der Waals surface area contributed by atoms with Crippen molar-refractivity contribution in [3.63, 3.8) is 0 Å². The lowest BCUT2D eigenvalue weighted by Gasteiger charge is -2.18. The highest BCUT2D eigenvalue weighted by Crippen LogP contribution is 2.37. The van der Waals surface area contributed by atoms with Crippen molar-refractivity contribution in [3.8, 4) is 11.5 Å². The molecule has 0 aliphatic carbocycles. The van der Waals surface area contributed by atoms with Crippen LogP contribution in [0.3, 0.4) is 0 Å². The molecule has 4 nitrogen and oxygen atoms in total. The highest BCUT2D eigenvalue weighted by Gasteiger charge is 2.12. The summed E-state index contributed by atoms with van der Waals surface area (Å²) in [5.41, 5.74) is 3.56. The Morgan fingerprint density at radius 2 is 1.67 bits per heavy atom. The quantitative estimate of drug-likeness (QED) is 0.347. The second kappa shape index (κ2) is 15.8. The first-order chi connectivity index (χ1) is 13.6. The average Bonchev–Trinajstić information content (AvgIpc) is 2.70. The third-order valence-corrected chi connectivity index (χ3v) is 5.43. The molecule has 0 atom stereocenters. The van der Waals surface area contributed by atoms with Crippen LogP contribution in [0.5, 0.6) is 11.5 Å². The molecule has 2 aromatic rings. The number of aryl methyl sites for hydroxylation is 1. The van der Waals surface area contributed by atoms with Crippen molar-refractivity contribution >= 4 is 40.7 Å². The summed E-state index contributed by atoms with van der Waals surface area (Å²) in [5, 5.41) is 3.52. The van der Waals surface area contributed by atoms with Gasteiger partial charge < -0.3 is 19.7 Å². The van der Waals surface area contributed by atoms with E-state index < -0.39 is 0 Å². The molecule has 0 fully saturated rings. The van der Waals surface area contributed by atoms with E-state index in [9.17, 15) is 0 Å². The van der Waals surface area contributed by atoms with Gasteiger partial charge in [0, 0.05) is 6.54 Å². The molecule has 0 unspecified atom stereocenters. The standard InChI is InChI=1S/C23H33BrN2O2.2ClH/c1-5-26(6-2)13-7-12-25-16-20-14-21(24)23(22(15-20)27-4)28-17-19-10-8-18(3)9-11-19;;/h8-11,14-15,25H,5-7,12-13,16-17H2,1-4H3;2*1H. The van der Waals surface area contributed by atoms with Gasteiger partial charge in [-0.05, 0) is 78.7 Å². The Bertz CT molecular complexity index is 726. The van der Waals surface area contributed by atoms with Gasteiger partial charge in [-0.25, -0.2) is 0 Å². The van der Waals surface area contributed by atoms with E-state index in [0.717, 1.165) is 60.7 Å². The van der Waals surface area contributed by atoms with Crippen LogP contribution >= 0.6 is 40.7 Å². The monoisotopic (exact) mass is 520 g/mol. The van der Waals surface area contributed by atoms with Crippen LogP contribution in [0.4, 0.5) is 0 Å². The molecule has 0 amide bonds. The first-order valence-corrected chi connectivity index (χ1v) is 10.8. The number of ether oxygens (including phenoxy) is 2. The van der Waals surface area contributed by atoms with E-state index >= 15 is 0 Å². The molecule has 30 heavy (non-hydrogen) atoms. The number of nitrogens with one attached hydrogen (secondary N) is 1. The van der Waals surface area contributed by atoms with Crippen LogP contribution in [0.2, 0.25) is 0 Å². The largest absolute Gasteiger partial charge is 0.493 e. The first-order valence-electron chi connectivity index (χ1n) is 10.0. The summed E-state index contributed by atoms with van der Waals surface area (Å²) in [6.07, 6.45) is 1.15. The van der Waals surface area contributed by atoms with Gasteiger partial charge in [-0.1, -0.05) is 43.7 Å². The van der Waals surface area contributed by atoms with Gasteiger partial charge in [0.25, 0.3) is 0 Å². The van der Waals surface area contributed by atoms with Crippen molar-refractivity contribution in [3.05, 3.63) is 57.6 Å². The number of benzene rings is 2. The van der Waals surface area contributed by atoms with Crippen LogP contribution < -0.4 is 14.8 Å². The summed E-state index contributed by atoms with van der Waals surface area (Å²) in [7, 11) is 1.68. The number of halogens is 3. The molecule has 170 valence electrons. The van der Waals surface area contributed by atoms with E-state index in [0.29, 0.717) is 6.61 Å². The fraction of sp³-hybridized carbons (Fsp3) is 0.478. The maximum atomic E-state index is 6.04. The summed E-state index contributed by atoms with van der Waals surface area (Å²) >= 11 is 3.64. The molecule has 2 rings (SSSR count). The molecule has 7 heteroatoms. The Kier molecular flexibility index (Phi) is 15.3. The summed E-state index contributed by atoms with van der Waals surface area (Å²) in [5.74, 6) is 1.50. The number of hydrogen-bond donors (Lipinski definition) is 1. The van der Waals surface area contributed by atoms with Gasteiger partial charge >= 0.3 is 0 Å². The molecule has 0 saturated carbocycles. The topological polar surface area (TPSA) is 33.7 Å². The van der Waals surface area contributed by atoms with Crippen molar-refractivity contribution in [2.24, 2.45) is 0 Å². The zero-order valence-corrected chi connectivity index (χ0v) is 21.6. The van der Waals surface area contributed by atoms with Gasteiger partial charge in [0.2, 0.25) is 0 Å². The third kappa shape index (κ3) is 9.44. The normalized spacial score (nSPS) is 10.3. The van der Waals surface area contributed by atoms with Crippen LogP contribution in [0.15, 0.2) is 40.9 Å². The Morgan fingerprint density at radius 3 is 2.27 bits per heavy atom. The minimum Gasteiger partial charge on any atom is -0.493 e. The summed E-state index contributed by atoms with van der Waals surface area (Å²) < 4.78 is 12.5. The lowest BCUT2D eigenvalue weighted by atomic mass is 10.1. The Hall–Kier alpha value is -0.980. The molecular weight excluding hydrogens is 487 g/mol. The lowest BCUT2D eigenvalue weighted by Crippen LogP contribution is -2.27. The molecule has 0 saturated heterocycles. The second-order valence-electron chi connectivity index (χ2n) is 6.94. The van der Waals surface area contributed by atoms with Crippen molar-refractivity contribution in [1.29, 1.82) is 0 Å². The zero-order chi connectivity index (χ0) is 20.4. The van der Waals surface area contributed by atoms with Crippen LogP contribution in [-0.4, -0.2) is 38.2 Å². The lowest BCUT2D eigenvalue weighted by molar-refractivity contribution is 0.282. The predicted octanol–water partition coefficient (Wildman–Crippen LogP) is 6.01. The number of rotatable bonds is 12. The first kappa shape index (κ1) is 29.0. The van der Waals surface area contributed by atoms with Gasteiger partial charge in [0.05, 0.1) is 11.6 Å². The van der Waals surface area contributed by atoms with Crippen LogP contribution in [-0.2, 0) is 13.2 Å². The van der Waals surface area contributed by atoms with E-state index in [1.165, 1.54) is 11.1 Å². The molecule has 0 heterocycles. The predicted molar refractivity (Wildman–Crippen MR) is 135 cm³/mol. The van der Waals surface area contributed by atoms with Gasteiger partial charge in [-0.2, -0.15) is 0 Å². The molecule has 0 aliphatic rings. The Balaban J connectivity index is 0.00000420. The van der Waals surface area contributed by atoms with Crippen molar-refractivity contribution in [2.75, 3.05) is 33.3 Å². The SMILES string of the molecule is CCN(CC)CCCNCc1cc(Br)c(OCc2ccc(C)cc2)c(OC)c1.Cl.Cl. The van der Waals surface area contributed by atoms with E-state index in [2.05, 4.69) is 77.2 Å². The fourth-order valence-electron chi connectivity index (χ4n) is 3.06. The second-order valence-corrected chi connectivity index (χ2v) is 7.79. The minimum atomic E-state index is 0. The minimum absolute atomic E-state index is 0. The van der Waals surface area contributed by atoms with E-state index in [-0.39, 0.29) is 24.8 Å². The van der Waals surface area contributed by atoms with Gasteiger partial charge in [0.1, 0.15) is 6.61 Å². The highest BCUT2D eigenvalue weighted by atomic mass is 79.9. The van der Waals surface area contributed by atoms with Crippen molar-refractivity contribution in [2.45, 2.75) is 40.3 Å². The molecule has 0 aliphatic heterocycles. The molecule has 0 spiro atoms. The number of nitrogens with zero attached hydrogens (tertiary/aromatic N) is 1. The van der Waals surface area contributed by atoms with Crippen LogP contribution in [0, 0.1) is 6.92 Å². The van der Waals surface area contributed by atoms with E-state index in [1.807, 2.05) is 6.07 Å². The Labute approximate surface area is 202 Å². The van der Waals surface area contributed by atoms with Gasteiger partial charge in [0.15, 0.2) is 11.5 Å². The fourth-order valence-corrected chi connectivity index (χ4v) is 3.66. The molecule has 0 radical (unpaired) electrons. The summed E-state index contributed by atoms with van der Waals surface area (Å²) in [6, 6.07) is 12.5. The maximum absolute atomic E-state index is 6.04. The maximum Gasteiger partial charge on any atom is 0.175 e. The molecule has 1 N–H and O–H groups in total.